The molecule has 2 aromatic carbocycles. The Labute approximate surface area is 152 Å². The summed E-state index contributed by atoms with van der Waals surface area (Å²) in [4.78, 5) is 3.72. The van der Waals surface area contributed by atoms with E-state index in [4.69, 9.17) is 4.74 Å². The SMILES string of the molecule is COc1cccc(/C=N/Nc2nc(C(F)(F)F)c(-c3ccccc3)s2)c1. The molecule has 134 valence electrons. The number of alkyl halides is 3. The van der Waals surface area contributed by atoms with E-state index in [9.17, 15) is 13.2 Å². The monoisotopic (exact) mass is 377 g/mol. The number of hydrazone groups is 1. The van der Waals surface area contributed by atoms with Gasteiger partial charge in [-0.05, 0) is 23.3 Å². The molecule has 4 nitrogen and oxygen atoms in total. The van der Waals surface area contributed by atoms with Gasteiger partial charge in [-0.1, -0.05) is 53.8 Å². The average molecular weight is 377 g/mol. The summed E-state index contributed by atoms with van der Waals surface area (Å²) in [5, 5.41) is 4.03. The summed E-state index contributed by atoms with van der Waals surface area (Å²) in [6, 6.07) is 15.5. The van der Waals surface area contributed by atoms with Crippen molar-refractivity contribution in [3.8, 4) is 16.2 Å². The van der Waals surface area contributed by atoms with Gasteiger partial charge in [0.15, 0.2) is 5.69 Å². The summed E-state index contributed by atoms with van der Waals surface area (Å²) in [5.41, 5.74) is 2.85. The van der Waals surface area contributed by atoms with Crippen LogP contribution in [0.3, 0.4) is 0 Å². The molecule has 1 aromatic heterocycles. The number of hydrogen-bond donors (Lipinski definition) is 1. The van der Waals surface area contributed by atoms with Crippen molar-refractivity contribution in [1.82, 2.24) is 4.98 Å². The highest BCUT2D eigenvalue weighted by atomic mass is 32.1. The van der Waals surface area contributed by atoms with Gasteiger partial charge in [-0.3, -0.25) is 5.43 Å². The van der Waals surface area contributed by atoms with Crippen LogP contribution in [0.5, 0.6) is 5.75 Å². The Morgan fingerprint density at radius 3 is 2.58 bits per heavy atom. The van der Waals surface area contributed by atoms with Gasteiger partial charge in [-0.2, -0.15) is 18.3 Å². The third kappa shape index (κ3) is 4.20. The maximum atomic E-state index is 13.3. The van der Waals surface area contributed by atoms with Gasteiger partial charge in [-0.15, -0.1) is 0 Å². The van der Waals surface area contributed by atoms with Crippen molar-refractivity contribution < 1.29 is 17.9 Å². The van der Waals surface area contributed by atoms with Crippen LogP contribution in [0.2, 0.25) is 0 Å². The van der Waals surface area contributed by atoms with Crippen LogP contribution in [0.25, 0.3) is 10.4 Å². The van der Waals surface area contributed by atoms with E-state index >= 15 is 0 Å². The molecule has 0 fully saturated rings. The zero-order chi connectivity index (χ0) is 18.6. The van der Waals surface area contributed by atoms with Crippen LogP contribution in [0.4, 0.5) is 18.3 Å². The van der Waals surface area contributed by atoms with E-state index in [-0.39, 0.29) is 10.0 Å². The number of thiazole rings is 1. The van der Waals surface area contributed by atoms with Crippen LogP contribution in [-0.2, 0) is 6.18 Å². The minimum atomic E-state index is -4.54. The molecule has 0 aliphatic carbocycles. The number of benzene rings is 2. The fourth-order valence-corrected chi connectivity index (χ4v) is 3.17. The standard InChI is InChI=1S/C18H14F3N3OS/c1-25-14-9-5-6-12(10-14)11-22-24-17-23-16(18(19,20)21)15(26-17)13-7-3-2-4-8-13/h2-11H,1H3,(H,23,24)/b22-11+. The number of aromatic nitrogens is 1. The number of ether oxygens (including phenoxy) is 1. The lowest BCUT2D eigenvalue weighted by molar-refractivity contribution is -0.140. The molecular weight excluding hydrogens is 363 g/mol. The van der Waals surface area contributed by atoms with Crippen molar-refractivity contribution in [2.45, 2.75) is 6.18 Å². The molecule has 0 aliphatic heterocycles. The Balaban J connectivity index is 1.84. The van der Waals surface area contributed by atoms with Crippen LogP contribution < -0.4 is 10.2 Å². The van der Waals surface area contributed by atoms with E-state index in [1.807, 2.05) is 0 Å². The van der Waals surface area contributed by atoms with E-state index in [1.165, 1.54) is 6.21 Å². The van der Waals surface area contributed by atoms with Crippen molar-refractivity contribution in [3.05, 3.63) is 65.9 Å². The largest absolute Gasteiger partial charge is 0.497 e. The summed E-state index contributed by atoms with van der Waals surface area (Å²) in [5.74, 6) is 0.661. The second kappa shape index (κ2) is 7.57. The number of nitrogens with one attached hydrogen (secondary N) is 1. The van der Waals surface area contributed by atoms with Crippen LogP contribution in [-0.4, -0.2) is 18.3 Å². The molecule has 1 N–H and O–H groups in total. The first-order chi connectivity index (χ1) is 12.5. The second-order valence-electron chi connectivity index (χ2n) is 5.21. The lowest BCUT2D eigenvalue weighted by Crippen LogP contribution is -2.07. The minimum Gasteiger partial charge on any atom is -0.497 e. The molecule has 0 unspecified atom stereocenters. The van der Waals surface area contributed by atoms with Gasteiger partial charge < -0.3 is 4.74 Å². The maximum absolute atomic E-state index is 13.3. The van der Waals surface area contributed by atoms with Crippen LogP contribution in [0.15, 0.2) is 59.7 Å². The van der Waals surface area contributed by atoms with Crippen molar-refractivity contribution in [2.75, 3.05) is 12.5 Å². The lowest BCUT2D eigenvalue weighted by Gasteiger charge is -2.05. The third-order valence-electron chi connectivity index (χ3n) is 3.40. The Bertz CT molecular complexity index is 908. The van der Waals surface area contributed by atoms with Crippen LogP contribution >= 0.6 is 11.3 Å². The van der Waals surface area contributed by atoms with Gasteiger partial charge in [0.1, 0.15) is 5.75 Å². The number of methoxy groups -OCH3 is 1. The van der Waals surface area contributed by atoms with Gasteiger partial charge in [-0.25, -0.2) is 4.98 Å². The normalized spacial score (nSPS) is 11.7. The molecule has 0 aliphatic rings. The molecule has 0 radical (unpaired) electrons. The van der Waals surface area contributed by atoms with Gasteiger partial charge in [0.25, 0.3) is 0 Å². The van der Waals surface area contributed by atoms with Gasteiger partial charge in [0.05, 0.1) is 18.2 Å². The van der Waals surface area contributed by atoms with Crippen molar-refractivity contribution in [1.29, 1.82) is 0 Å². The number of nitrogens with zero attached hydrogens (tertiary/aromatic N) is 2. The lowest BCUT2D eigenvalue weighted by atomic mass is 10.1. The molecule has 3 aromatic rings. The predicted molar refractivity (Wildman–Crippen MR) is 96.8 cm³/mol. The topological polar surface area (TPSA) is 46.5 Å². The van der Waals surface area contributed by atoms with E-state index < -0.39 is 11.9 Å². The first-order valence-electron chi connectivity index (χ1n) is 7.54. The molecule has 8 heteroatoms. The minimum absolute atomic E-state index is 0.0529. The van der Waals surface area contributed by atoms with E-state index in [2.05, 4.69) is 15.5 Å². The molecular formula is C18H14F3N3OS. The summed E-state index contributed by atoms with van der Waals surface area (Å²) >= 11 is 0.902. The number of hydrogen-bond acceptors (Lipinski definition) is 5. The van der Waals surface area contributed by atoms with Gasteiger partial charge >= 0.3 is 6.18 Å². The Kier molecular flexibility index (Phi) is 5.22. The van der Waals surface area contributed by atoms with E-state index in [0.29, 0.717) is 11.3 Å². The van der Waals surface area contributed by atoms with E-state index in [1.54, 1.807) is 61.7 Å². The molecule has 0 atom stereocenters. The zero-order valence-electron chi connectivity index (χ0n) is 13.6. The summed E-state index contributed by atoms with van der Waals surface area (Å²) in [6.45, 7) is 0. The highest BCUT2D eigenvalue weighted by Gasteiger charge is 2.37. The first-order valence-corrected chi connectivity index (χ1v) is 8.35. The fourth-order valence-electron chi connectivity index (χ4n) is 2.23. The number of rotatable bonds is 5. The molecule has 0 saturated heterocycles. The Morgan fingerprint density at radius 1 is 1.12 bits per heavy atom. The highest BCUT2D eigenvalue weighted by Crippen LogP contribution is 2.41. The maximum Gasteiger partial charge on any atom is 0.434 e. The predicted octanol–water partition coefficient (Wildman–Crippen LogP) is 5.28. The number of anilines is 1. The van der Waals surface area contributed by atoms with Gasteiger partial charge in [0, 0.05) is 0 Å². The third-order valence-corrected chi connectivity index (χ3v) is 4.41. The molecule has 0 amide bonds. The Morgan fingerprint density at radius 2 is 1.88 bits per heavy atom. The molecule has 3 rings (SSSR count). The van der Waals surface area contributed by atoms with Crippen LogP contribution in [0.1, 0.15) is 11.3 Å². The second-order valence-corrected chi connectivity index (χ2v) is 6.21. The summed E-state index contributed by atoms with van der Waals surface area (Å²) in [6.07, 6.45) is -3.06. The van der Waals surface area contributed by atoms with Crippen LogP contribution in [0, 0.1) is 0 Å². The first kappa shape index (κ1) is 17.9. The van der Waals surface area contributed by atoms with Crippen molar-refractivity contribution in [2.24, 2.45) is 5.10 Å². The van der Waals surface area contributed by atoms with Crippen molar-refractivity contribution in [3.63, 3.8) is 0 Å². The average Bonchev–Trinajstić information content (AvgIpc) is 3.07. The molecule has 0 bridgehead atoms. The van der Waals surface area contributed by atoms with Gasteiger partial charge in [0.2, 0.25) is 5.13 Å². The quantitative estimate of drug-likeness (QED) is 0.486. The highest BCUT2D eigenvalue weighted by molar-refractivity contribution is 7.19. The Hall–Kier alpha value is -2.87. The summed E-state index contributed by atoms with van der Waals surface area (Å²) < 4.78 is 45.0. The smallest absolute Gasteiger partial charge is 0.434 e. The molecule has 0 saturated carbocycles. The molecule has 26 heavy (non-hydrogen) atoms. The zero-order valence-corrected chi connectivity index (χ0v) is 14.4. The molecule has 1 heterocycles. The van der Waals surface area contributed by atoms with Crippen molar-refractivity contribution >= 4 is 22.7 Å². The number of halogens is 3. The van der Waals surface area contributed by atoms with E-state index in [0.717, 1.165) is 16.9 Å². The summed E-state index contributed by atoms with van der Waals surface area (Å²) in [7, 11) is 1.55. The fraction of sp³-hybridized carbons (Fsp3) is 0.111. The molecule has 0 spiro atoms.